The fourth-order valence-corrected chi connectivity index (χ4v) is 3.79. The summed E-state index contributed by atoms with van der Waals surface area (Å²) in [7, 11) is 0. The van der Waals surface area contributed by atoms with E-state index in [0.717, 1.165) is 13.1 Å². The quantitative estimate of drug-likeness (QED) is 0.810. The van der Waals surface area contributed by atoms with Gasteiger partial charge in [0, 0.05) is 18.6 Å². The molecular weight excluding hydrogens is 248 g/mol. The molecule has 0 spiro atoms. The molecule has 3 atom stereocenters. The second-order valence-corrected chi connectivity index (χ2v) is 7.34. The van der Waals surface area contributed by atoms with Crippen LogP contribution in [0.5, 0.6) is 0 Å². The fourth-order valence-electron chi connectivity index (χ4n) is 3.79. The molecule has 0 aliphatic carbocycles. The van der Waals surface area contributed by atoms with Crippen LogP contribution >= 0.6 is 0 Å². The van der Waals surface area contributed by atoms with Crippen LogP contribution in [0, 0.1) is 0 Å². The molecule has 2 fully saturated rings. The molecule has 3 unspecified atom stereocenters. The van der Waals surface area contributed by atoms with Crippen LogP contribution in [0.1, 0.15) is 66.2 Å². The Hall–Kier alpha value is -0.120. The first-order chi connectivity index (χ1) is 9.52. The molecule has 118 valence electrons. The third-order valence-electron chi connectivity index (χ3n) is 4.95. The van der Waals surface area contributed by atoms with Crippen LogP contribution in [0.4, 0.5) is 0 Å². The summed E-state index contributed by atoms with van der Waals surface area (Å²) in [5.74, 6) is 0. The van der Waals surface area contributed by atoms with Gasteiger partial charge in [-0.1, -0.05) is 13.3 Å². The summed E-state index contributed by atoms with van der Waals surface area (Å²) in [5, 5.41) is 3.69. The van der Waals surface area contributed by atoms with E-state index in [1.807, 2.05) is 0 Å². The first-order valence-electron chi connectivity index (χ1n) is 8.67. The van der Waals surface area contributed by atoms with Crippen molar-refractivity contribution < 1.29 is 4.74 Å². The van der Waals surface area contributed by atoms with E-state index in [1.165, 1.54) is 45.1 Å². The predicted molar refractivity (Wildman–Crippen MR) is 85.2 cm³/mol. The van der Waals surface area contributed by atoms with E-state index < -0.39 is 0 Å². The lowest BCUT2D eigenvalue weighted by atomic mass is 9.95. The molecule has 3 nitrogen and oxygen atoms in total. The Bertz CT molecular complexity index is 293. The second kappa shape index (κ2) is 7.24. The van der Waals surface area contributed by atoms with Crippen LogP contribution in [-0.2, 0) is 4.74 Å². The zero-order valence-corrected chi connectivity index (χ0v) is 14.0. The smallest absolute Gasteiger partial charge is 0.0710 e. The molecule has 0 radical (unpaired) electrons. The molecule has 0 bridgehead atoms. The Labute approximate surface area is 125 Å². The number of ether oxygens (including phenoxy) is 1. The first kappa shape index (κ1) is 16.3. The Morgan fingerprint density at radius 1 is 1.30 bits per heavy atom. The lowest BCUT2D eigenvalue weighted by Crippen LogP contribution is -2.53. The Morgan fingerprint density at radius 2 is 2.10 bits per heavy atom. The minimum absolute atomic E-state index is 0.0992. The summed E-state index contributed by atoms with van der Waals surface area (Å²) in [6.45, 7) is 12.6. The zero-order valence-electron chi connectivity index (χ0n) is 14.0. The van der Waals surface area contributed by atoms with E-state index >= 15 is 0 Å². The molecule has 0 saturated carbocycles. The van der Waals surface area contributed by atoms with Crippen LogP contribution in [0.15, 0.2) is 0 Å². The highest BCUT2D eigenvalue weighted by Crippen LogP contribution is 2.31. The molecule has 2 aliphatic heterocycles. The second-order valence-electron chi connectivity index (χ2n) is 7.34. The van der Waals surface area contributed by atoms with E-state index in [4.69, 9.17) is 4.74 Å². The van der Waals surface area contributed by atoms with E-state index in [0.29, 0.717) is 18.2 Å². The third-order valence-corrected chi connectivity index (χ3v) is 4.95. The van der Waals surface area contributed by atoms with Crippen LogP contribution in [-0.4, -0.2) is 48.3 Å². The predicted octanol–water partition coefficient (Wildman–Crippen LogP) is 3.19. The summed E-state index contributed by atoms with van der Waals surface area (Å²) in [6.07, 6.45) is 8.19. The fraction of sp³-hybridized carbons (Fsp3) is 1.00. The van der Waals surface area contributed by atoms with E-state index in [9.17, 15) is 0 Å². The van der Waals surface area contributed by atoms with Gasteiger partial charge in [-0.15, -0.1) is 0 Å². The molecule has 0 amide bonds. The van der Waals surface area contributed by atoms with Crippen molar-refractivity contribution in [3.8, 4) is 0 Å². The van der Waals surface area contributed by atoms with Crippen molar-refractivity contribution in [2.75, 3.05) is 19.6 Å². The van der Waals surface area contributed by atoms with Gasteiger partial charge >= 0.3 is 0 Å². The van der Waals surface area contributed by atoms with Gasteiger partial charge in [0.05, 0.1) is 11.7 Å². The third kappa shape index (κ3) is 4.44. The topological polar surface area (TPSA) is 24.5 Å². The molecular formula is C17H34N2O. The zero-order chi connectivity index (χ0) is 14.6. The SMILES string of the molecule is CCCNC(C)C1CCCCN1CC1CCC(C)(C)O1. The number of likely N-dealkylation sites (tertiary alicyclic amines) is 1. The highest BCUT2D eigenvalue weighted by molar-refractivity contribution is 4.89. The normalized spacial score (nSPS) is 32.4. The highest BCUT2D eigenvalue weighted by atomic mass is 16.5. The molecule has 2 heterocycles. The number of hydrogen-bond acceptors (Lipinski definition) is 3. The summed E-state index contributed by atoms with van der Waals surface area (Å²) in [5.41, 5.74) is 0.0992. The van der Waals surface area contributed by atoms with Crippen molar-refractivity contribution in [3.05, 3.63) is 0 Å². The van der Waals surface area contributed by atoms with Gasteiger partial charge in [0.25, 0.3) is 0 Å². The molecule has 0 aromatic rings. The maximum Gasteiger partial charge on any atom is 0.0710 e. The van der Waals surface area contributed by atoms with Crippen molar-refractivity contribution in [1.29, 1.82) is 0 Å². The lowest BCUT2D eigenvalue weighted by molar-refractivity contribution is -0.0395. The van der Waals surface area contributed by atoms with Crippen LogP contribution < -0.4 is 5.32 Å². The van der Waals surface area contributed by atoms with E-state index in [-0.39, 0.29) is 5.60 Å². The van der Waals surface area contributed by atoms with Gasteiger partial charge in [-0.2, -0.15) is 0 Å². The highest BCUT2D eigenvalue weighted by Gasteiger charge is 2.35. The monoisotopic (exact) mass is 282 g/mol. The van der Waals surface area contributed by atoms with Gasteiger partial charge in [0.1, 0.15) is 0 Å². The molecule has 0 aromatic carbocycles. The van der Waals surface area contributed by atoms with Crippen molar-refractivity contribution >= 4 is 0 Å². The van der Waals surface area contributed by atoms with Gasteiger partial charge in [-0.3, -0.25) is 4.90 Å². The maximum absolute atomic E-state index is 6.20. The number of rotatable bonds is 6. The molecule has 2 aliphatic rings. The van der Waals surface area contributed by atoms with Crippen molar-refractivity contribution in [1.82, 2.24) is 10.2 Å². The molecule has 20 heavy (non-hydrogen) atoms. The van der Waals surface area contributed by atoms with Gasteiger partial charge in [-0.05, 0) is 66.0 Å². The summed E-state index contributed by atoms with van der Waals surface area (Å²) >= 11 is 0. The molecule has 0 aromatic heterocycles. The van der Waals surface area contributed by atoms with Gasteiger partial charge < -0.3 is 10.1 Å². The minimum Gasteiger partial charge on any atom is -0.371 e. The average Bonchev–Trinajstić information content (AvgIpc) is 2.76. The Morgan fingerprint density at radius 3 is 2.75 bits per heavy atom. The van der Waals surface area contributed by atoms with E-state index in [1.54, 1.807) is 0 Å². The Kier molecular flexibility index (Phi) is 5.88. The van der Waals surface area contributed by atoms with Crippen molar-refractivity contribution in [3.63, 3.8) is 0 Å². The summed E-state index contributed by atoms with van der Waals surface area (Å²) in [4.78, 5) is 2.70. The summed E-state index contributed by atoms with van der Waals surface area (Å²) < 4.78 is 6.20. The van der Waals surface area contributed by atoms with Crippen molar-refractivity contribution in [2.24, 2.45) is 0 Å². The molecule has 3 heteroatoms. The maximum atomic E-state index is 6.20. The minimum atomic E-state index is 0.0992. The van der Waals surface area contributed by atoms with Crippen LogP contribution in [0.25, 0.3) is 0 Å². The number of nitrogens with one attached hydrogen (secondary N) is 1. The Balaban J connectivity index is 1.87. The largest absolute Gasteiger partial charge is 0.371 e. The number of piperidine rings is 1. The van der Waals surface area contributed by atoms with Crippen molar-refractivity contribution in [2.45, 2.75) is 90.0 Å². The van der Waals surface area contributed by atoms with Gasteiger partial charge in [0.15, 0.2) is 0 Å². The van der Waals surface area contributed by atoms with Crippen LogP contribution in [0.2, 0.25) is 0 Å². The molecule has 2 saturated heterocycles. The molecule has 1 N–H and O–H groups in total. The van der Waals surface area contributed by atoms with Crippen LogP contribution in [0.3, 0.4) is 0 Å². The standard InChI is InChI=1S/C17H34N2O/c1-5-11-18-14(2)16-8-6-7-12-19(16)13-15-9-10-17(3,4)20-15/h14-16,18H,5-13H2,1-4H3. The summed E-state index contributed by atoms with van der Waals surface area (Å²) in [6, 6.07) is 1.30. The first-order valence-corrected chi connectivity index (χ1v) is 8.67. The molecule has 2 rings (SSSR count). The number of nitrogens with zero attached hydrogens (tertiary/aromatic N) is 1. The van der Waals surface area contributed by atoms with E-state index in [2.05, 4.69) is 37.9 Å². The number of hydrogen-bond donors (Lipinski definition) is 1. The lowest BCUT2D eigenvalue weighted by Gasteiger charge is -2.41. The van der Waals surface area contributed by atoms with Gasteiger partial charge in [-0.25, -0.2) is 0 Å². The van der Waals surface area contributed by atoms with Gasteiger partial charge in [0.2, 0.25) is 0 Å². The average molecular weight is 282 g/mol.